The highest BCUT2D eigenvalue weighted by molar-refractivity contribution is 5.85. The quantitative estimate of drug-likeness (QED) is 0.738. The zero-order chi connectivity index (χ0) is 15.7. The van der Waals surface area contributed by atoms with Crippen LogP contribution in [0.5, 0.6) is 5.75 Å². The molecule has 0 fully saturated rings. The number of nitrogens with zero attached hydrogens (tertiary/aromatic N) is 4. The summed E-state index contributed by atoms with van der Waals surface area (Å²) >= 11 is 0. The second-order valence-electron chi connectivity index (χ2n) is 5.33. The highest BCUT2D eigenvalue weighted by Crippen LogP contribution is 2.26. The Morgan fingerprint density at radius 1 is 1.18 bits per heavy atom. The molecule has 2 aromatic heterocycles. The van der Waals surface area contributed by atoms with Crippen molar-refractivity contribution in [3.05, 3.63) is 41.2 Å². The lowest BCUT2D eigenvalue weighted by Crippen LogP contribution is -2.18. The number of aromatic nitrogens is 3. The maximum Gasteiger partial charge on any atom is 0.129 e. The van der Waals surface area contributed by atoms with Crippen molar-refractivity contribution >= 4 is 16.7 Å². The molecule has 114 valence electrons. The predicted octanol–water partition coefficient (Wildman–Crippen LogP) is 2.88. The summed E-state index contributed by atoms with van der Waals surface area (Å²) in [6, 6.07) is 8.00. The summed E-state index contributed by atoms with van der Waals surface area (Å²) in [6.07, 6.45) is 0. The second-order valence-corrected chi connectivity index (χ2v) is 5.33. The summed E-state index contributed by atoms with van der Waals surface area (Å²) in [5, 5.41) is 8.84. The average Bonchev–Trinajstić information content (AvgIpc) is 2.91. The van der Waals surface area contributed by atoms with Gasteiger partial charge in [0, 0.05) is 18.5 Å². The number of pyridine rings is 1. The van der Waals surface area contributed by atoms with Gasteiger partial charge in [-0.1, -0.05) is 10.3 Å². The molecule has 0 unspecified atom stereocenters. The molecule has 0 saturated carbocycles. The molecule has 0 radical (unpaired) electrons. The Balaban J connectivity index is 1.97. The molecule has 3 aromatic rings. The van der Waals surface area contributed by atoms with E-state index in [9.17, 15) is 0 Å². The van der Waals surface area contributed by atoms with Gasteiger partial charge in [0.05, 0.1) is 19.2 Å². The Kier molecular flexibility index (Phi) is 3.66. The Morgan fingerprint density at radius 3 is 2.68 bits per heavy atom. The van der Waals surface area contributed by atoms with Crippen LogP contribution in [0.1, 0.15) is 17.0 Å². The highest BCUT2D eigenvalue weighted by Gasteiger charge is 2.12. The molecule has 22 heavy (non-hydrogen) atoms. The van der Waals surface area contributed by atoms with Crippen molar-refractivity contribution in [1.82, 2.24) is 15.3 Å². The second kappa shape index (κ2) is 5.63. The van der Waals surface area contributed by atoms with Crippen LogP contribution in [0.3, 0.4) is 0 Å². The van der Waals surface area contributed by atoms with Crippen LogP contribution in [-0.2, 0) is 6.54 Å². The van der Waals surface area contributed by atoms with Crippen LogP contribution in [0.4, 0.5) is 5.82 Å². The Hall–Kier alpha value is -2.63. The number of rotatable bonds is 4. The van der Waals surface area contributed by atoms with Gasteiger partial charge in [-0.15, -0.1) is 0 Å². The number of aryl methyl sites for hydroxylation is 2. The summed E-state index contributed by atoms with van der Waals surface area (Å²) in [7, 11) is 3.63. The lowest BCUT2D eigenvalue weighted by atomic mass is 10.1. The van der Waals surface area contributed by atoms with E-state index in [1.807, 2.05) is 37.1 Å². The first kappa shape index (κ1) is 14.3. The minimum atomic E-state index is 0.594. The number of ether oxygens (including phenoxy) is 1. The van der Waals surface area contributed by atoms with Gasteiger partial charge >= 0.3 is 0 Å². The van der Waals surface area contributed by atoms with Gasteiger partial charge < -0.3 is 9.64 Å². The van der Waals surface area contributed by atoms with Crippen LogP contribution >= 0.6 is 0 Å². The van der Waals surface area contributed by atoms with Crippen molar-refractivity contribution in [2.24, 2.45) is 0 Å². The fourth-order valence-electron chi connectivity index (χ4n) is 2.39. The molecule has 3 rings (SSSR count). The van der Waals surface area contributed by atoms with Gasteiger partial charge in [0.1, 0.15) is 23.0 Å². The summed E-state index contributed by atoms with van der Waals surface area (Å²) in [5.74, 6) is 1.68. The molecule has 0 N–H and O–H groups in total. The van der Waals surface area contributed by atoms with Crippen LogP contribution in [0, 0.1) is 13.8 Å². The van der Waals surface area contributed by atoms with Crippen LogP contribution in [0.15, 0.2) is 28.9 Å². The zero-order valence-electron chi connectivity index (χ0n) is 13.1. The summed E-state index contributed by atoms with van der Waals surface area (Å²) in [5.41, 5.74) is 3.69. The lowest BCUT2D eigenvalue weighted by Gasteiger charge is -2.18. The van der Waals surface area contributed by atoms with Gasteiger partial charge in [-0.25, -0.2) is 9.61 Å². The molecule has 0 aliphatic carbocycles. The van der Waals surface area contributed by atoms with Gasteiger partial charge in [0.25, 0.3) is 0 Å². The van der Waals surface area contributed by atoms with Crippen LogP contribution < -0.4 is 9.64 Å². The molecular formula is C16H18N4O2. The van der Waals surface area contributed by atoms with E-state index >= 15 is 0 Å². The predicted molar refractivity (Wildman–Crippen MR) is 84.2 cm³/mol. The fourth-order valence-corrected chi connectivity index (χ4v) is 2.39. The largest absolute Gasteiger partial charge is 0.497 e. The number of methoxy groups -OCH3 is 1. The van der Waals surface area contributed by atoms with E-state index in [2.05, 4.69) is 23.3 Å². The summed E-state index contributed by atoms with van der Waals surface area (Å²) in [4.78, 5) is 6.75. The number of anilines is 1. The highest BCUT2D eigenvalue weighted by atomic mass is 16.6. The fraction of sp³-hybridized carbons (Fsp3) is 0.312. The molecule has 0 amide bonds. The standard InChI is InChI=1S/C16H18N4O2/c1-10-7-16(20(3)9-15-11(2)18-22-19-15)17-14-8-12(21-4)5-6-13(10)14/h5-8H,9H2,1-4H3. The molecular weight excluding hydrogens is 280 g/mol. The van der Waals surface area contributed by atoms with Crippen LogP contribution in [-0.4, -0.2) is 29.5 Å². The van der Waals surface area contributed by atoms with Gasteiger partial charge in [0.15, 0.2) is 0 Å². The van der Waals surface area contributed by atoms with Gasteiger partial charge in [-0.05, 0) is 37.6 Å². The van der Waals surface area contributed by atoms with Gasteiger partial charge in [-0.3, -0.25) is 0 Å². The maximum atomic E-state index is 5.28. The van der Waals surface area contributed by atoms with Crippen molar-refractivity contribution in [2.45, 2.75) is 20.4 Å². The van der Waals surface area contributed by atoms with E-state index in [1.54, 1.807) is 7.11 Å². The Labute approximate surface area is 128 Å². The van der Waals surface area contributed by atoms with Crippen molar-refractivity contribution in [3.8, 4) is 5.75 Å². The summed E-state index contributed by atoms with van der Waals surface area (Å²) in [6.45, 7) is 4.55. The van der Waals surface area contributed by atoms with Crippen molar-refractivity contribution in [1.29, 1.82) is 0 Å². The molecule has 6 nitrogen and oxygen atoms in total. The van der Waals surface area contributed by atoms with E-state index in [1.165, 1.54) is 5.56 Å². The van der Waals surface area contributed by atoms with Crippen LogP contribution in [0.25, 0.3) is 10.9 Å². The molecule has 0 aliphatic rings. The molecule has 6 heteroatoms. The van der Waals surface area contributed by atoms with E-state index in [0.29, 0.717) is 6.54 Å². The topological polar surface area (TPSA) is 64.3 Å². The summed E-state index contributed by atoms with van der Waals surface area (Å²) < 4.78 is 10.0. The van der Waals surface area contributed by atoms with E-state index in [-0.39, 0.29) is 0 Å². The third-order valence-electron chi connectivity index (χ3n) is 3.73. The Morgan fingerprint density at radius 2 is 2.00 bits per heavy atom. The number of hydrogen-bond donors (Lipinski definition) is 0. The first-order chi connectivity index (χ1) is 10.6. The monoisotopic (exact) mass is 298 g/mol. The lowest BCUT2D eigenvalue weighted by molar-refractivity contribution is 0.301. The minimum absolute atomic E-state index is 0.594. The molecule has 1 aromatic carbocycles. The maximum absolute atomic E-state index is 5.28. The SMILES string of the molecule is COc1ccc2c(C)cc(N(C)Cc3nonc3C)nc2c1. The third kappa shape index (κ3) is 2.59. The third-order valence-corrected chi connectivity index (χ3v) is 3.73. The number of fused-ring (bicyclic) bond motifs is 1. The van der Waals surface area contributed by atoms with Crippen molar-refractivity contribution < 1.29 is 9.37 Å². The van der Waals surface area contributed by atoms with Gasteiger partial charge in [-0.2, -0.15) is 0 Å². The Bertz CT molecular complexity index is 813. The normalized spacial score (nSPS) is 10.9. The smallest absolute Gasteiger partial charge is 0.129 e. The molecule has 0 aliphatic heterocycles. The van der Waals surface area contributed by atoms with Crippen LogP contribution in [0.2, 0.25) is 0 Å². The van der Waals surface area contributed by atoms with E-state index in [0.717, 1.165) is 33.9 Å². The van der Waals surface area contributed by atoms with E-state index in [4.69, 9.17) is 14.3 Å². The van der Waals surface area contributed by atoms with Gasteiger partial charge in [0.2, 0.25) is 0 Å². The first-order valence-corrected chi connectivity index (χ1v) is 7.03. The van der Waals surface area contributed by atoms with Crippen molar-refractivity contribution in [2.75, 3.05) is 19.1 Å². The first-order valence-electron chi connectivity index (χ1n) is 7.03. The minimum Gasteiger partial charge on any atom is -0.497 e. The average molecular weight is 298 g/mol. The zero-order valence-corrected chi connectivity index (χ0v) is 13.1. The number of benzene rings is 1. The van der Waals surface area contributed by atoms with E-state index < -0.39 is 0 Å². The van der Waals surface area contributed by atoms with Crippen molar-refractivity contribution in [3.63, 3.8) is 0 Å². The number of hydrogen-bond acceptors (Lipinski definition) is 6. The molecule has 0 atom stereocenters. The molecule has 0 spiro atoms. The molecule has 0 bridgehead atoms. The molecule has 2 heterocycles. The molecule has 0 saturated heterocycles.